The van der Waals surface area contributed by atoms with Crippen LogP contribution >= 0.6 is 0 Å². The summed E-state index contributed by atoms with van der Waals surface area (Å²) in [7, 11) is 0. The van der Waals surface area contributed by atoms with Crippen molar-refractivity contribution in [1.29, 1.82) is 0 Å². The van der Waals surface area contributed by atoms with Gasteiger partial charge in [0.2, 0.25) is 0 Å². The van der Waals surface area contributed by atoms with Crippen LogP contribution in [0.4, 0.5) is 4.79 Å². The predicted molar refractivity (Wildman–Crippen MR) is 102 cm³/mol. The Bertz CT molecular complexity index is 732. The first-order chi connectivity index (χ1) is 13.1. The fourth-order valence-corrected chi connectivity index (χ4v) is 3.30. The molecule has 1 fully saturated rings. The Hall–Kier alpha value is -2.57. The Morgan fingerprint density at radius 1 is 1.22 bits per heavy atom. The van der Waals surface area contributed by atoms with Crippen LogP contribution in [0.1, 0.15) is 49.9 Å². The van der Waals surface area contributed by atoms with Gasteiger partial charge in [-0.3, -0.25) is 0 Å². The summed E-state index contributed by atoms with van der Waals surface area (Å²) in [6.45, 7) is 9.24. The topological polar surface area (TPSA) is 71.7 Å². The summed E-state index contributed by atoms with van der Waals surface area (Å²) >= 11 is 0. The van der Waals surface area contributed by atoms with E-state index in [1.165, 1.54) is 5.56 Å². The van der Waals surface area contributed by atoms with E-state index >= 15 is 0 Å². The van der Waals surface area contributed by atoms with Gasteiger partial charge in [-0.1, -0.05) is 22.9 Å². The number of likely N-dealkylation sites (tertiary alicyclic amines) is 1. The van der Waals surface area contributed by atoms with E-state index in [0.717, 1.165) is 44.8 Å². The van der Waals surface area contributed by atoms with Gasteiger partial charge in [0.1, 0.15) is 5.75 Å². The lowest BCUT2D eigenvalue weighted by molar-refractivity contribution is 0.143. The molecule has 2 aromatic rings. The second-order valence-electron chi connectivity index (χ2n) is 6.86. The molecular formula is C20H28N4O3. The number of carbonyl (C=O) groups is 1. The Kier molecular flexibility index (Phi) is 6.32. The third-order valence-corrected chi connectivity index (χ3v) is 5.03. The lowest BCUT2D eigenvalue weighted by Crippen LogP contribution is -2.46. The zero-order chi connectivity index (χ0) is 19.2. The van der Waals surface area contributed by atoms with Gasteiger partial charge < -0.3 is 19.1 Å². The van der Waals surface area contributed by atoms with Gasteiger partial charge in [0, 0.05) is 32.1 Å². The maximum atomic E-state index is 12.4. The highest BCUT2D eigenvalue weighted by Crippen LogP contribution is 2.26. The Balaban J connectivity index is 1.50. The van der Waals surface area contributed by atoms with Gasteiger partial charge in [-0.15, -0.1) is 0 Å². The van der Waals surface area contributed by atoms with Crippen LogP contribution in [0, 0.1) is 6.92 Å². The van der Waals surface area contributed by atoms with Crippen LogP contribution in [0.15, 0.2) is 28.8 Å². The first kappa shape index (κ1) is 19.2. The molecular weight excluding hydrogens is 344 g/mol. The van der Waals surface area contributed by atoms with Crippen molar-refractivity contribution >= 4 is 6.03 Å². The van der Waals surface area contributed by atoms with Crippen LogP contribution in [-0.4, -0.2) is 52.2 Å². The van der Waals surface area contributed by atoms with Crippen LogP contribution in [-0.2, 0) is 6.61 Å². The average Bonchev–Trinajstić information content (AvgIpc) is 3.17. The molecule has 3 rings (SSSR count). The zero-order valence-corrected chi connectivity index (χ0v) is 16.4. The van der Waals surface area contributed by atoms with Crippen molar-refractivity contribution in [3.8, 4) is 5.75 Å². The fourth-order valence-electron chi connectivity index (χ4n) is 3.30. The molecule has 0 N–H and O–H groups in total. The van der Waals surface area contributed by atoms with Crippen LogP contribution < -0.4 is 4.74 Å². The molecule has 0 spiro atoms. The number of benzene rings is 1. The Morgan fingerprint density at radius 2 is 1.89 bits per heavy atom. The Labute approximate surface area is 160 Å². The highest BCUT2D eigenvalue weighted by atomic mass is 16.5. The van der Waals surface area contributed by atoms with Gasteiger partial charge in [-0.25, -0.2) is 4.79 Å². The number of hydrogen-bond acceptors (Lipinski definition) is 5. The summed E-state index contributed by atoms with van der Waals surface area (Å²) in [5.74, 6) is 2.20. The van der Waals surface area contributed by atoms with Crippen molar-refractivity contribution in [3.05, 3.63) is 41.5 Å². The second-order valence-corrected chi connectivity index (χ2v) is 6.86. The molecule has 1 aromatic heterocycles. The normalized spacial score (nSPS) is 15.0. The highest BCUT2D eigenvalue weighted by Gasteiger charge is 2.28. The minimum atomic E-state index is 0.124. The van der Waals surface area contributed by atoms with Gasteiger partial charge in [0.05, 0.1) is 0 Å². The van der Waals surface area contributed by atoms with Crippen molar-refractivity contribution in [1.82, 2.24) is 19.9 Å². The summed E-state index contributed by atoms with van der Waals surface area (Å²) in [5.41, 5.74) is 1.19. The summed E-state index contributed by atoms with van der Waals surface area (Å²) in [4.78, 5) is 20.7. The van der Waals surface area contributed by atoms with E-state index in [2.05, 4.69) is 10.1 Å². The van der Waals surface area contributed by atoms with Crippen molar-refractivity contribution in [2.45, 2.75) is 46.1 Å². The number of amides is 2. The maximum absolute atomic E-state index is 12.4. The van der Waals surface area contributed by atoms with Crippen LogP contribution in [0.2, 0.25) is 0 Å². The molecule has 0 bridgehead atoms. The number of piperidine rings is 1. The number of carbonyl (C=O) groups excluding carboxylic acids is 1. The van der Waals surface area contributed by atoms with Gasteiger partial charge in [0.25, 0.3) is 5.89 Å². The van der Waals surface area contributed by atoms with Crippen molar-refractivity contribution in [2.24, 2.45) is 0 Å². The molecule has 2 amide bonds. The first-order valence-corrected chi connectivity index (χ1v) is 9.66. The number of aromatic nitrogens is 2. The fraction of sp³-hybridized carbons (Fsp3) is 0.550. The molecule has 0 unspecified atom stereocenters. The molecule has 1 saturated heterocycles. The summed E-state index contributed by atoms with van der Waals surface area (Å²) < 4.78 is 11.0. The zero-order valence-electron chi connectivity index (χ0n) is 16.4. The molecule has 0 aliphatic carbocycles. The molecule has 1 aliphatic rings. The number of aryl methyl sites for hydroxylation is 1. The van der Waals surface area contributed by atoms with Crippen molar-refractivity contribution in [2.75, 3.05) is 26.2 Å². The number of urea groups is 1. The maximum Gasteiger partial charge on any atom is 0.319 e. The smallest absolute Gasteiger partial charge is 0.319 e. The average molecular weight is 372 g/mol. The quantitative estimate of drug-likeness (QED) is 0.775. The molecule has 146 valence electrons. The molecule has 7 heteroatoms. The molecule has 2 heterocycles. The number of ether oxygens (including phenoxy) is 1. The van der Waals surface area contributed by atoms with E-state index in [1.807, 2.05) is 54.8 Å². The van der Waals surface area contributed by atoms with Crippen molar-refractivity contribution < 1.29 is 14.1 Å². The molecule has 7 nitrogen and oxygen atoms in total. The van der Waals surface area contributed by atoms with Crippen LogP contribution in [0.25, 0.3) is 0 Å². The van der Waals surface area contributed by atoms with Gasteiger partial charge in [0.15, 0.2) is 12.4 Å². The van der Waals surface area contributed by atoms with Gasteiger partial charge in [-0.2, -0.15) is 4.98 Å². The molecule has 1 aromatic carbocycles. The third kappa shape index (κ3) is 4.78. The Morgan fingerprint density at radius 3 is 2.52 bits per heavy atom. The van der Waals surface area contributed by atoms with Crippen molar-refractivity contribution in [3.63, 3.8) is 0 Å². The standard InChI is InChI=1S/C20H28N4O3/c1-4-23(5-2)20(25)24-12-10-16(11-13-24)19-21-18(27-22-19)14-26-17-8-6-15(3)7-9-17/h6-9,16H,4-5,10-14H2,1-3H3. The number of rotatable bonds is 6. The summed E-state index contributed by atoms with van der Waals surface area (Å²) in [5, 5.41) is 4.12. The van der Waals surface area contributed by atoms with Crippen LogP contribution in [0.3, 0.4) is 0 Å². The summed E-state index contributed by atoms with van der Waals surface area (Å²) in [6.07, 6.45) is 1.70. The SMILES string of the molecule is CCN(CC)C(=O)N1CCC(c2noc(COc3ccc(C)cc3)n2)CC1. The molecule has 0 saturated carbocycles. The minimum absolute atomic E-state index is 0.124. The van der Waals surface area contributed by atoms with E-state index in [4.69, 9.17) is 9.26 Å². The first-order valence-electron chi connectivity index (χ1n) is 9.66. The van der Waals surface area contributed by atoms with E-state index in [1.54, 1.807) is 0 Å². The van der Waals surface area contributed by atoms with E-state index < -0.39 is 0 Å². The largest absolute Gasteiger partial charge is 0.484 e. The predicted octanol–water partition coefficient (Wildman–Crippen LogP) is 3.60. The van der Waals surface area contributed by atoms with Gasteiger partial charge >= 0.3 is 6.03 Å². The molecule has 1 aliphatic heterocycles. The monoisotopic (exact) mass is 372 g/mol. The number of hydrogen-bond donors (Lipinski definition) is 0. The number of nitrogens with zero attached hydrogens (tertiary/aromatic N) is 4. The lowest BCUT2D eigenvalue weighted by atomic mass is 9.96. The molecule has 0 atom stereocenters. The second kappa shape index (κ2) is 8.88. The third-order valence-electron chi connectivity index (χ3n) is 5.03. The summed E-state index contributed by atoms with van der Waals surface area (Å²) in [6, 6.07) is 7.98. The molecule has 27 heavy (non-hydrogen) atoms. The van der Waals surface area contributed by atoms with E-state index in [9.17, 15) is 4.79 Å². The van der Waals surface area contributed by atoms with Gasteiger partial charge in [-0.05, 0) is 45.7 Å². The lowest BCUT2D eigenvalue weighted by Gasteiger charge is -2.34. The minimum Gasteiger partial charge on any atom is -0.484 e. The van der Waals surface area contributed by atoms with Crippen LogP contribution in [0.5, 0.6) is 5.75 Å². The highest BCUT2D eigenvalue weighted by molar-refractivity contribution is 5.74. The van der Waals surface area contributed by atoms with E-state index in [-0.39, 0.29) is 18.6 Å². The molecule has 0 radical (unpaired) electrons. The van der Waals surface area contributed by atoms with E-state index in [0.29, 0.717) is 11.7 Å².